The van der Waals surface area contributed by atoms with Crippen LogP contribution >= 0.6 is 0 Å². The van der Waals surface area contributed by atoms with E-state index in [2.05, 4.69) is 4.74 Å². The number of nitrogen functional groups attached to an aromatic ring is 1. The summed E-state index contributed by atoms with van der Waals surface area (Å²) in [6, 6.07) is 5.40. The molecule has 0 amide bonds. The SMILES string of the molecule is COC(=O)c1c(N)c(C#N)cn1-c1cc(S(C)(=O)=O)ccc1O. The van der Waals surface area contributed by atoms with Crippen LogP contribution in [-0.4, -0.2) is 37.4 Å². The molecule has 1 aromatic carbocycles. The van der Waals surface area contributed by atoms with Gasteiger partial charge < -0.3 is 20.1 Å². The zero-order valence-electron chi connectivity index (χ0n) is 12.3. The average Bonchev–Trinajstić information content (AvgIpc) is 2.82. The summed E-state index contributed by atoms with van der Waals surface area (Å²) in [5, 5.41) is 19.1. The Labute approximate surface area is 132 Å². The highest BCUT2D eigenvalue weighted by molar-refractivity contribution is 7.90. The molecule has 0 unspecified atom stereocenters. The van der Waals surface area contributed by atoms with E-state index in [1.165, 1.54) is 24.4 Å². The number of carbonyl (C=O) groups excluding carboxylic acids is 1. The number of rotatable bonds is 3. The van der Waals surface area contributed by atoms with E-state index in [9.17, 15) is 18.3 Å². The number of benzene rings is 1. The lowest BCUT2D eigenvalue weighted by molar-refractivity contribution is 0.0593. The van der Waals surface area contributed by atoms with Gasteiger partial charge in [-0.15, -0.1) is 0 Å². The van der Waals surface area contributed by atoms with Gasteiger partial charge in [-0.05, 0) is 18.2 Å². The Kier molecular flexibility index (Phi) is 4.03. The summed E-state index contributed by atoms with van der Waals surface area (Å²) in [5.74, 6) is -1.12. The number of sulfone groups is 1. The molecule has 0 saturated heterocycles. The maximum atomic E-state index is 11.9. The number of carbonyl (C=O) groups is 1. The molecule has 2 rings (SSSR count). The molecule has 0 bridgehead atoms. The Hall–Kier alpha value is -2.99. The lowest BCUT2D eigenvalue weighted by Gasteiger charge is -2.11. The van der Waals surface area contributed by atoms with E-state index in [0.29, 0.717) is 0 Å². The molecule has 23 heavy (non-hydrogen) atoms. The van der Waals surface area contributed by atoms with Crippen LogP contribution in [0.25, 0.3) is 5.69 Å². The molecule has 3 N–H and O–H groups in total. The summed E-state index contributed by atoms with van der Waals surface area (Å²) < 4.78 is 29.1. The number of hydrogen-bond donors (Lipinski definition) is 2. The second-order valence-corrected chi connectivity index (χ2v) is 6.72. The molecule has 0 radical (unpaired) electrons. The van der Waals surface area contributed by atoms with Crippen molar-refractivity contribution in [3.8, 4) is 17.5 Å². The Balaban J connectivity index is 2.82. The van der Waals surface area contributed by atoms with Crippen LogP contribution in [0.3, 0.4) is 0 Å². The first kappa shape index (κ1) is 16.4. The molecule has 9 heteroatoms. The molecule has 8 nitrogen and oxygen atoms in total. The Morgan fingerprint density at radius 2 is 2.09 bits per heavy atom. The van der Waals surface area contributed by atoms with Crippen molar-refractivity contribution in [2.75, 3.05) is 19.1 Å². The smallest absolute Gasteiger partial charge is 0.357 e. The number of nitrogens with zero attached hydrogens (tertiary/aromatic N) is 2. The largest absolute Gasteiger partial charge is 0.506 e. The fourth-order valence-electron chi connectivity index (χ4n) is 2.03. The molecule has 1 aromatic heterocycles. The van der Waals surface area contributed by atoms with Gasteiger partial charge in [-0.2, -0.15) is 5.26 Å². The zero-order valence-corrected chi connectivity index (χ0v) is 13.1. The number of hydrogen-bond acceptors (Lipinski definition) is 7. The number of methoxy groups -OCH3 is 1. The van der Waals surface area contributed by atoms with Crippen LogP contribution in [0.2, 0.25) is 0 Å². The Morgan fingerprint density at radius 1 is 1.43 bits per heavy atom. The van der Waals surface area contributed by atoms with Gasteiger partial charge in [0.1, 0.15) is 11.8 Å². The molecule has 1 heterocycles. The fourth-order valence-corrected chi connectivity index (χ4v) is 2.67. The highest BCUT2D eigenvalue weighted by atomic mass is 32.2. The summed E-state index contributed by atoms with van der Waals surface area (Å²) in [6.45, 7) is 0. The quantitative estimate of drug-likeness (QED) is 0.793. The summed E-state index contributed by atoms with van der Waals surface area (Å²) in [4.78, 5) is 11.9. The van der Waals surface area contributed by atoms with Gasteiger partial charge >= 0.3 is 5.97 Å². The van der Waals surface area contributed by atoms with Crippen LogP contribution in [0, 0.1) is 11.3 Å². The second-order valence-electron chi connectivity index (χ2n) is 4.70. The van der Waals surface area contributed by atoms with E-state index in [0.717, 1.165) is 17.9 Å². The maximum absolute atomic E-state index is 11.9. The van der Waals surface area contributed by atoms with E-state index in [4.69, 9.17) is 11.0 Å². The first-order chi connectivity index (χ1) is 10.7. The molecule has 120 valence electrons. The molecule has 0 aliphatic heterocycles. The third-order valence-corrected chi connectivity index (χ3v) is 4.29. The number of phenols is 1. The highest BCUT2D eigenvalue weighted by Crippen LogP contribution is 2.31. The number of phenolic OH excluding ortho intramolecular Hbond substituents is 1. The molecular formula is C14H13N3O5S. The molecule has 0 atom stereocenters. The van der Waals surface area contributed by atoms with E-state index in [-0.39, 0.29) is 33.3 Å². The third-order valence-electron chi connectivity index (χ3n) is 3.18. The maximum Gasteiger partial charge on any atom is 0.357 e. The van der Waals surface area contributed by atoms with Gasteiger partial charge in [-0.3, -0.25) is 0 Å². The summed E-state index contributed by atoms with van der Waals surface area (Å²) in [7, 11) is -2.40. The molecule has 0 fully saturated rings. The second kappa shape index (κ2) is 5.66. The minimum atomic E-state index is -3.53. The first-order valence-corrected chi connectivity index (χ1v) is 8.12. The highest BCUT2D eigenvalue weighted by Gasteiger charge is 2.23. The molecule has 0 saturated carbocycles. The van der Waals surface area contributed by atoms with E-state index < -0.39 is 15.8 Å². The number of aromatic nitrogens is 1. The predicted octanol–water partition coefficient (Wildman–Crippen LogP) is 0.827. The third kappa shape index (κ3) is 2.84. The van der Waals surface area contributed by atoms with Crippen molar-refractivity contribution >= 4 is 21.5 Å². The summed E-state index contributed by atoms with van der Waals surface area (Å²) in [5.41, 5.74) is 5.44. The van der Waals surface area contributed by atoms with E-state index in [1.54, 1.807) is 0 Å². The normalized spacial score (nSPS) is 11.0. The lowest BCUT2D eigenvalue weighted by Crippen LogP contribution is -2.11. The number of aromatic hydroxyl groups is 1. The van der Waals surface area contributed by atoms with Crippen molar-refractivity contribution in [3.05, 3.63) is 35.7 Å². The zero-order chi connectivity index (χ0) is 17.4. The Morgan fingerprint density at radius 3 is 2.61 bits per heavy atom. The van der Waals surface area contributed by atoms with E-state index >= 15 is 0 Å². The number of nitriles is 1. The van der Waals surface area contributed by atoms with Crippen LogP contribution < -0.4 is 5.73 Å². The minimum absolute atomic E-state index is 0.00504. The molecule has 2 aromatic rings. The average molecular weight is 335 g/mol. The van der Waals surface area contributed by atoms with Crippen molar-refractivity contribution in [1.29, 1.82) is 5.26 Å². The van der Waals surface area contributed by atoms with Crippen molar-refractivity contribution in [2.24, 2.45) is 0 Å². The molecule has 0 aliphatic rings. The van der Waals surface area contributed by atoms with Gasteiger partial charge in [0.15, 0.2) is 15.5 Å². The molecular weight excluding hydrogens is 322 g/mol. The van der Waals surface area contributed by atoms with Gasteiger partial charge in [0.05, 0.1) is 28.9 Å². The molecule has 0 spiro atoms. The lowest BCUT2D eigenvalue weighted by atomic mass is 10.2. The van der Waals surface area contributed by atoms with Crippen LogP contribution in [0.15, 0.2) is 29.3 Å². The first-order valence-electron chi connectivity index (χ1n) is 6.23. The summed E-state index contributed by atoms with van der Waals surface area (Å²) in [6.07, 6.45) is 2.23. The van der Waals surface area contributed by atoms with Gasteiger partial charge in [0, 0.05) is 12.5 Å². The van der Waals surface area contributed by atoms with Crippen LogP contribution in [-0.2, 0) is 14.6 Å². The number of anilines is 1. The van der Waals surface area contributed by atoms with Crippen molar-refractivity contribution in [1.82, 2.24) is 4.57 Å². The van der Waals surface area contributed by atoms with Gasteiger partial charge in [0.25, 0.3) is 0 Å². The fraction of sp³-hybridized carbons (Fsp3) is 0.143. The number of nitrogens with two attached hydrogens (primary N) is 1. The van der Waals surface area contributed by atoms with Crippen molar-refractivity contribution in [2.45, 2.75) is 4.90 Å². The van der Waals surface area contributed by atoms with E-state index in [1.807, 2.05) is 6.07 Å². The van der Waals surface area contributed by atoms with Gasteiger partial charge in [-0.1, -0.05) is 0 Å². The van der Waals surface area contributed by atoms with Crippen LogP contribution in [0.4, 0.5) is 5.69 Å². The summed E-state index contributed by atoms with van der Waals surface area (Å²) >= 11 is 0. The van der Waals surface area contributed by atoms with Gasteiger partial charge in [-0.25, -0.2) is 13.2 Å². The Bertz CT molecular complexity index is 938. The topological polar surface area (TPSA) is 135 Å². The number of esters is 1. The van der Waals surface area contributed by atoms with Gasteiger partial charge in [0.2, 0.25) is 0 Å². The minimum Gasteiger partial charge on any atom is -0.506 e. The van der Waals surface area contributed by atoms with Crippen molar-refractivity contribution in [3.63, 3.8) is 0 Å². The van der Waals surface area contributed by atoms with Crippen LogP contribution in [0.5, 0.6) is 5.75 Å². The van der Waals surface area contributed by atoms with Crippen LogP contribution in [0.1, 0.15) is 16.1 Å². The molecule has 0 aliphatic carbocycles. The number of ether oxygens (including phenoxy) is 1. The monoisotopic (exact) mass is 335 g/mol. The standard InChI is InChI=1S/C14H13N3O5S/c1-22-14(19)13-12(16)8(6-15)7-17(13)10-5-9(23(2,20)21)3-4-11(10)18/h3-5,7,18H,16H2,1-2H3. The predicted molar refractivity (Wildman–Crippen MR) is 81.0 cm³/mol. The van der Waals surface area contributed by atoms with Crippen molar-refractivity contribution < 1.29 is 23.1 Å².